The molecule has 1 unspecified atom stereocenters. The third-order valence-corrected chi connectivity index (χ3v) is 3.03. The van der Waals surface area contributed by atoms with Crippen LogP contribution in [0.3, 0.4) is 0 Å². The minimum absolute atomic E-state index is 0.0492. The molecule has 19 heavy (non-hydrogen) atoms. The molecule has 4 nitrogen and oxygen atoms in total. The second-order valence-corrected chi connectivity index (χ2v) is 4.51. The number of aryl methyl sites for hydroxylation is 1. The predicted molar refractivity (Wildman–Crippen MR) is 65.5 cm³/mol. The van der Waals surface area contributed by atoms with Crippen molar-refractivity contribution >= 4 is 5.97 Å². The predicted octanol–water partition coefficient (Wildman–Crippen LogP) is 2.68. The van der Waals surface area contributed by atoms with E-state index in [0.717, 1.165) is 0 Å². The smallest absolute Gasteiger partial charge is 0.371 e. The van der Waals surface area contributed by atoms with Gasteiger partial charge in [-0.3, -0.25) is 0 Å². The lowest BCUT2D eigenvalue weighted by molar-refractivity contribution is 0.0600. The number of hydrogen-bond acceptors (Lipinski definition) is 3. The average molecular weight is 264 g/mol. The lowest BCUT2D eigenvalue weighted by Gasteiger charge is -2.21. The summed E-state index contributed by atoms with van der Waals surface area (Å²) in [6.45, 7) is 3.03. The Morgan fingerprint density at radius 1 is 1.32 bits per heavy atom. The first kappa shape index (κ1) is 13.3. The molecular formula is C14H13FO4. The van der Waals surface area contributed by atoms with Crippen LogP contribution in [0.25, 0.3) is 0 Å². The highest BCUT2D eigenvalue weighted by Crippen LogP contribution is 2.31. The molecule has 0 fully saturated rings. The van der Waals surface area contributed by atoms with Gasteiger partial charge in [0.1, 0.15) is 17.2 Å². The molecule has 2 rings (SSSR count). The number of carbonyl (C=O) groups is 1. The summed E-state index contributed by atoms with van der Waals surface area (Å²) in [5.74, 6) is -1.89. The maximum atomic E-state index is 13.5. The summed E-state index contributed by atoms with van der Waals surface area (Å²) in [6, 6.07) is 6.93. The average Bonchev–Trinajstić information content (AvgIpc) is 2.82. The van der Waals surface area contributed by atoms with Crippen molar-refractivity contribution in [1.29, 1.82) is 0 Å². The van der Waals surface area contributed by atoms with Gasteiger partial charge in [0, 0.05) is 0 Å². The quantitative estimate of drug-likeness (QED) is 0.894. The molecule has 100 valence electrons. The maximum Gasteiger partial charge on any atom is 0.371 e. The summed E-state index contributed by atoms with van der Waals surface area (Å²) in [5.41, 5.74) is -0.838. The second kappa shape index (κ2) is 4.51. The van der Waals surface area contributed by atoms with Gasteiger partial charge in [-0.1, -0.05) is 12.1 Å². The molecule has 0 amide bonds. The molecule has 1 atom stereocenters. The molecule has 0 aliphatic heterocycles. The van der Waals surface area contributed by atoms with Crippen molar-refractivity contribution in [1.82, 2.24) is 0 Å². The second-order valence-electron chi connectivity index (χ2n) is 4.51. The molecule has 0 saturated heterocycles. The van der Waals surface area contributed by atoms with E-state index in [9.17, 15) is 14.3 Å². The Kier molecular flexibility index (Phi) is 3.16. The molecular weight excluding hydrogens is 251 g/mol. The van der Waals surface area contributed by atoms with E-state index in [1.54, 1.807) is 19.1 Å². The lowest BCUT2D eigenvalue weighted by atomic mass is 9.92. The first-order valence-electron chi connectivity index (χ1n) is 5.65. The van der Waals surface area contributed by atoms with E-state index in [0.29, 0.717) is 11.1 Å². The van der Waals surface area contributed by atoms with Gasteiger partial charge in [0.2, 0.25) is 5.76 Å². The Labute approximate surface area is 109 Å². The van der Waals surface area contributed by atoms with E-state index in [2.05, 4.69) is 0 Å². The number of carboxylic acid groups (broad SMARTS) is 1. The number of halogens is 1. The molecule has 0 aliphatic carbocycles. The van der Waals surface area contributed by atoms with Crippen molar-refractivity contribution in [2.45, 2.75) is 19.4 Å². The Bertz CT molecular complexity index is 628. The molecule has 1 heterocycles. The van der Waals surface area contributed by atoms with Gasteiger partial charge in [-0.15, -0.1) is 0 Å². The Morgan fingerprint density at radius 2 is 2.00 bits per heavy atom. The third-order valence-electron chi connectivity index (χ3n) is 3.03. The Balaban J connectivity index is 2.45. The summed E-state index contributed by atoms with van der Waals surface area (Å²) in [6.07, 6.45) is 0. The molecule has 0 aliphatic rings. The highest BCUT2D eigenvalue weighted by atomic mass is 19.1. The number of aromatic carboxylic acids is 1. The van der Waals surface area contributed by atoms with Gasteiger partial charge in [-0.2, -0.15) is 0 Å². The molecule has 1 aromatic heterocycles. The zero-order chi connectivity index (χ0) is 14.2. The van der Waals surface area contributed by atoms with E-state index in [-0.39, 0.29) is 11.5 Å². The number of carboxylic acids is 1. The largest absolute Gasteiger partial charge is 0.475 e. The molecule has 1 aromatic carbocycles. The fraction of sp³-hybridized carbons (Fsp3) is 0.214. The van der Waals surface area contributed by atoms with Crippen molar-refractivity contribution < 1.29 is 23.8 Å². The minimum atomic E-state index is -1.60. The topological polar surface area (TPSA) is 70.7 Å². The van der Waals surface area contributed by atoms with Crippen molar-refractivity contribution in [3.63, 3.8) is 0 Å². The highest BCUT2D eigenvalue weighted by molar-refractivity contribution is 5.84. The summed E-state index contributed by atoms with van der Waals surface area (Å²) >= 11 is 0. The molecule has 0 saturated carbocycles. The van der Waals surface area contributed by atoms with Crippen LogP contribution in [0.1, 0.15) is 34.4 Å². The van der Waals surface area contributed by atoms with Gasteiger partial charge < -0.3 is 14.6 Å². The van der Waals surface area contributed by atoms with Gasteiger partial charge in [-0.25, -0.2) is 9.18 Å². The van der Waals surface area contributed by atoms with Gasteiger partial charge >= 0.3 is 5.97 Å². The number of hydrogen-bond donors (Lipinski definition) is 2. The molecule has 2 N–H and O–H groups in total. The van der Waals surface area contributed by atoms with E-state index in [4.69, 9.17) is 9.52 Å². The highest BCUT2D eigenvalue weighted by Gasteiger charge is 2.30. The first-order chi connectivity index (χ1) is 8.82. The van der Waals surface area contributed by atoms with Crippen molar-refractivity contribution in [2.75, 3.05) is 0 Å². The third kappa shape index (κ3) is 2.37. The van der Waals surface area contributed by atoms with Crippen LogP contribution in [0.4, 0.5) is 4.39 Å². The number of aliphatic hydroxyl groups is 1. The van der Waals surface area contributed by atoms with Crippen LogP contribution in [0.5, 0.6) is 0 Å². The standard InChI is InChI=1S/C14H13FO4/c1-8-3-4-9(7-10(8)15)14(2,18)12-6-5-11(19-12)13(16)17/h3-7,18H,1-2H3,(H,16,17). The minimum Gasteiger partial charge on any atom is -0.475 e. The first-order valence-corrected chi connectivity index (χ1v) is 5.65. The van der Waals surface area contributed by atoms with Gasteiger partial charge in [-0.05, 0) is 43.2 Å². The van der Waals surface area contributed by atoms with E-state index in [1.807, 2.05) is 0 Å². The van der Waals surface area contributed by atoms with Crippen molar-refractivity contribution in [3.05, 3.63) is 58.8 Å². The molecule has 0 bridgehead atoms. The zero-order valence-electron chi connectivity index (χ0n) is 10.5. The van der Waals surface area contributed by atoms with Crippen molar-refractivity contribution in [3.8, 4) is 0 Å². The fourth-order valence-electron chi connectivity index (χ4n) is 1.75. The van der Waals surface area contributed by atoms with E-state index in [1.165, 1.54) is 25.1 Å². The molecule has 0 spiro atoms. The van der Waals surface area contributed by atoms with Crippen LogP contribution in [0.2, 0.25) is 0 Å². The Hall–Kier alpha value is -2.14. The summed E-state index contributed by atoms with van der Waals surface area (Å²) in [4.78, 5) is 10.7. The van der Waals surface area contributed by atoms with Crippen LogP contribution in [0.15, 0.2) is 34.7 Å². The molecule has 0 radical (unpaired) electrons. The maximum absolute atomic E-state index is 13.5. The van der Waals surface area contributed by atoms with Crippen LogP contribution in [-0.4, -0.2) is 16.2 Å². The summed E-state index contributed by atoms with van der Waals surface area (Å²) in [7, 11) is 0. The van der Waals surface area contributed by atoms with Crippen molar-refractivity contribution in [2.24, 2.45) is 0 Å². The SMILES string of the molecule is Cc1ccc(C(C)(O)c2ccc(C(=O)O)o2)cc1F. The van der Waals surface area contributed by atoms with Crippen LogP contribution >= 0.6 is 0 Å². The molecule has 5 heteroatoms. The van der Waals surface area contributed by atoms with E-state index < -0.39 is 17.4 Å². The monoisotopic (exact) mass is 264 g/mol. The van der Waals surface area contributed by atoms with Crippen LogP contribution < -0.4 is 0 Å². The number of furan rings is 1. The fourth-order valence-corrected chi connectivity index (χ4v) is 1.75. The summed E-state index contributed by atoms with van der Waals surface area (Å²) in [5, 5.41) is 19.2. The van der Waals surface area contributed by atoms with E-state index >= 15 is 0 Å². The normalized spacial score (nSPS) is 14.1. The molecule has 2 aromatic rings. The van der Waals surface area contributed by atoms with Crippen LogP contribution in [-0.2, 0) is 5.60 Å². The zero-order valence-corrected chi connectivity index (χ0v) is 10.5. The van der Waals surface area contributed by atoms with Gasteiger partial charge in [0.15, 0.2) is 0 Å². The van der Waals surface area contributed by atoms with Gasteiger partial charge in [0.25, 0.3) is 0 Å². The Morgan fingerprint density at radius 3 is 2.53 bits per heavy atom. The number of benzene rings is 1. The van der Waals surface area contributed by atoms with Gasteiger partial charge in [0.05, 0.1) is 0 Å². The summed E-state index contributed by atoms with van der Waals surface area (Å²) < 4.78 is 18.6. The number of rotatable bonds is 3. The lowest BCUT2D eigenvalue weighted by Crippen LogP contribution is -2.22. The van der Waals surface area contributed by atoms with Crippen LogP contribution in [0, 0.1) is 12.7 Å².